The SMILES string of the molecule is C[C@]12CCCC1C1CC=C3C[C@H](OC(=O)NCCCCCO)CC[C@@]3(C)C1CC2. The lowest BCUT2D eigenvalue weighted by Gasteiger charge is -2.57. The van der Waals surface area contributed by atoms with Crippen LogP contribution < -0.4 is 5.32 Å². The first-order chi connectivity index (χ1) is 14.0. The van der Waals surface area contributed by atoms with Crippen LogP contribution in [0.5, 0.6) is 0 Å². The van der Waals surface area contributed by atoms with Gasteiger partial charge in [0.1, 0.15) is 6.10 Å². The summed E-state index contributed by atoms with van der Waals surface area (Å²) in [6, 6.07) is 0. The van der Waals surface area contributed by atoms with Crippen LogP contribution in [-0.2, 0) is 4.74 Å². The molecule has 0 aliphatic heterocycles. The van der Waals surface area contributed by atoms with Crippen molar-refractivity contribution in [3.05, 3.63) is 11.6 Å². The minimum absolute atomic E-state index is 0.0312. The van der Waals surface area contributed by atoms with E-state index in [2.05, 4.69) is 25.2 Å². The average molecular weight is 404 g/mol. The number of aliphatic hydroxyl groups excluding tert-OH is 1. The van der Waals surface area contributed by atoms with Crippen LogP contribution in [0, 0.1) is 28.6 Å². The molecule has 4 rings (SSSR count). The van der Waals surface area contributed by atoms with Crippen molar-refractivity contribution in [3.63, 3.8) is 0 Å². The number of allylic oxidation sites excluding steroid dienone is 1. The third-order valence-electron chi connectivity index (χ3n) is 9.22. The van der Waals surface area contributed by atoms with Crippen molar-refractivity contribution in [2.24, 2.45) is 28.6 Å². The van der Waals surface area contributed by atoms with Gasteiger partial charge in [0, 0.05) is 19.6 Å². The fourth-order valence-corrected chi connectivity index (χ4v) is 7.52. The molecular weight excluding hydrogens is 362 g/mol. The van der Waals surface area contributed by atoms with Crippen molar-refractivity contribution in [2.45, 2.75) is 97.0 Å². The number of hydrogen-bond donors (Lipinski definition) is 2. The second-order valence-corrected chi connectivity index (χ2v) is 10.8. The third kappa shape index (κ3) is 4.11. The quantitative estimate of drug-likeness (QED) is 0.448. The van der Waals surface area contributed by atoms with E-state index in [4.69, 9.17) is 9.84 Å². The van der Waals surface area contributed by atoms with Gasteiger partial charge < -0.3 is 15.2 Å². The summed E-state index contributed by atoms with van der Waals surface area (Å²) in [5, 5.41) is 11.7. The summed E-state index contributed by atoms with van der Waals surface area (Å²) in [7, 11) is 0. The van der Waals surface area contributed by atoms with Crippen molar-refractivity contribution in [1.82, 2.24) is 5.32 Å². The van der Waals surface area contributed by atoms with E-state index >= 15 is 0 Å². The van der Waals surface area contributed by atoms with Gasteiger partial charge in [-0.1, -0.05) is 31.9 Å². The lowest BCUT2D eigenvalue weighted by molar-refractivity contribution is -0.0377. The molecule has 29 heavy (non-hydrogen) atoms. The number of carbonyl (C=O) groups is 1. The fraction of sp³-hybridized carbons (Fsp3) is 0.880. The summed E-state index contributed by atoms with van der Waals surface area (Å²) in [5.41, 5.74) is 2.51. The zero-order valence-corrected chi connectivity index (χ0v) is 18.5. The molecule has 2 N–H and O–H groups in total. The monoisotopic (exact) mass is 403 g/mol. The molecule has 4 nitrogen and oxygen atoms in total. The molecule has 0 spiro atoms. The Labute approximate surface area is 176 Å². The largest absolute Gasteiger partial charge is 0.446 e. The van der Waals surface area contributed by atoms with Crippen LogP contribution in [0.4, 0.5) is 4.79 Å². The normalized spacial score (nSPS) is 41.0. The molecule has 0 aromatic rings. The van der Waals surface area contributed by atoms with Gasteiger partial charge in [-0.25, -0.2) is 4.79 Å². The maximum atomic E-state index is 12.2. The fourth-order valence-electron chi connectivity index (χ4n) is 7.52. The smallest absolute Gasteiger partial charge is 0.407 e. The minimum Gasteiger partial charge on any atom is -0.446 e. The number of alkyl carbamates (subject to hydrolysis) is 1. The Balaban J connectivity index is 1.33. The van der Waals surface area contributed by atoms with Gasteiger partial charge in [-0.05, 0) is 92.8 Å². The summed E-state index contributed by atoms with van der Waals surface area (Å²) in [6.45, 7) is 5.94. The van der Waals surface area contributed by atoms with Crippen LogP contribution in [0.25, 0.3) is 0 Å². The van der Waals surface area contributed by atoms with Crippen LogP contribution in [0.3, 0.4) is 0 Å². The van der Waals surface area contributed by atoms with E-state index < -0.39 is 0 Å². The van der Waals surface area contributed by atoms with Crippen molar-refractivity contribution in [2.75, 3.05) is 13.2 Å². The molecule has 3 saturated carbocycles. The van der Waals surface area contributed by atoms with Gasteiger partial charge in [0.15, 0.2) is 0 Å². The molecule has 3 unspecified atom stereocenters. The second kappa shape index (κ2) is 8.61. The van der Waals surface area contributed by atoms with Gasteiger partial charge in [0.05, 0.1) is 0 Å². The zero-order chi connectivity index (χ0) is 20.5. The van der Waals surface area contributed by atoms with E-state index in [9.17, 15) is 4.79 Å². The number of fused-ring (bicyclic) bond motifs is 5. The summed E-state index contributed by atoms with van der Waals surface area (Å²) >= 11 is 0. The zero-order valence-electron chi connectivity index (χ0n) is 18.5. The van der Waals surface area contributed by atoms with Gasteiger partial charge in [-0.2, -0.15) is 0 Å². The second-order valence-electron chi connectivity index (χ2n) is 10.8. The maximum absolute atomic E-state index is 12.2. The molecular formula is C25H41NO3. The van der Waals surface area contributed by atoms with Crippen molar-refractivity contribution < 1.29 is 14.6 Å². The summed E-state index contributed by atoms with van der Waals surface area (Å²) in [6.07, 6.45) is 16.4. The van der Waals surface area contributed by atoms with Gasteiger partial charge >= 0.3 is 6.09 Å². The number of rotatable bonds is 6. The van der Waals surface area contributed by atoms with Crippen LogP contribution in [0.1, 0.15) is 90.9 Å². The first-order valence-corrected chi connectivity index (χ1v) is 12.2. The van der Waals surface area contributed by atoms with Crippen molar-refractivity contribution in [3.8, 4) is 0 Å². The molecule has 0 saturated heterocycles. The van der Waals surface area contributed by atoms with E-state index in [1.165, 1.54) is 38.5 Å². The highest BCUT2D eigenvalue weighted by Crippen LogP contribution is 2.64. The van der Waals surface area contributed by atoms with Gasteiger partial charge in [-0.15, -0.1) is 0 Å². The lowest BCUT2D eigenvalue weighted by Crippen LogP contribution is -2.49. The number of ether oxygens (including phenoxy) is 1. The number of hydrogen-bond acceptors (Lipinski definition) is 3. The molecule has 4 aliphatic rings. The Hall–Kier alpha value is -1.03. The third-order valence-corrected chi connectivity index (χ3v) is 9.22. The molecule has 0 radical (unpaired) electrons. The molecule has 4 heteroatoms. The highest BCUT2D eigenvalue weighted by molar-refractivity contribution is 5.67. The van der Waals surface area contributed by atoms with E-state index in [-0.39, 0.29) is 18.8 Å². The topological polar surface area (TPSA) is 58.6 Å². The molecule has 3 fully saturated rings. The number of unbranched alkanes of at least 4 members (excludes halogenated alkanes) is 2. The molecule has 164 valence electrons. The number of nitrogens with one attached hydrogen (secondary N) is 1. The van der Waals surface area contributed by atoms with Crippen LogP contribution in [-0.4, -0.2) is 30.5 Å². The van der Waals surface area contributed by atoms with E-state index in [0.717, 1.165) is 56.3 Å². The molecule has 0 heterocycles. The van der Waals surface area contributed by atoms with E-state index in [0.29, 0.717) is 17.4 Å². The Bertz CT molecular complexity index is 632. The first kappa shape index (κ1) is 21.2. The van der Waals surface area contributed by atoms with Crippen molar-refractivity contribution in [1.29, 1.82) is 0 Å². The predicted octanol–water partition coefficient (Wildman–Crippen LogP) is 5.60. The number of amides is 1. The van der Waals surface area contributed by atoms with Gasteiger partial charge in [-0.3, -0.25) is 0 Å². The average Bonchev–Trinajstić information content (AvgIpc) is 3.10. The van der Waals surface area contributed by atoms with Crippen LogP contribution in [0.2, 0.25) is 0 Å². The van der Waals surface area contributed by atoms with Crippen LogP contribution in [0.15, 0.2) is 11.6 Å². The molecule has 6 atom stereocenters. The highest BCUT2D eigenvalue weighted by atomic mass is 16.6. The Kier molecular flexibility index (Phi) is 6.30. The van der Waals surface area contributed by atoms with Gasteiger partial charge in [0.2, 0.25) is 0 Å². The highest BCUT2D eigenvalue weighted by Gasteiger charge is 2.55. The molecule has 0 aromatic heterocycles. The molecule has 4 aliphatic carbocycles. The summed E-state index contributed by atoms with van der Waals surface area (Å²) < 4.78 is 5.77. The molecule has 0 bridgehead atoms. The molecule has 1 amide bonds. The number of aliphatic hydroxyl groups is 1. The van der Waals surface area contributed by atoms with Crippen molar-refractivity contribution >= 4 is 6.09 Å². The molecule has 0 aromatic carbocycles. The minimum atomic E-state index is -0.267. The predicted molar refractivity (Wildman–Crippen MR) is 116 cm³/mol. The Morgan fingerprint density at radius 3 is 2.83 bits per heavy atom. The Morgan fingerprint density at radius 1 is 1.14 bits per heavy atom. The van der Waals surface area contributed by atoms with E-state index in [1.807, 2.05) is 0 Å². The lowest BCUT2D eigenvalue weighted by atomic mass is 9.48. The van der Waals surface area contributed by atoms with Gasteiger partial charge in [0.25, 0.3) is 0 Å². The van der Waals surface area contributed by atoms with E-state index in [1.54, 1.807) is 5.57 Å². The Morgan fingerprint density at radius 2 is 2.00 bits per heavy atom. The van der Waals surface area contributed by atoms with Crippen LogP contribution >= 0.6 is 0 Å². The summed E-state index contributed by atoms with van der Waals surface area (Å²) in [4.78, 5) is 12.2. The maximum Gasteiger partial charge on any atom is 0.407 e. The number of carbonyl (C=O) groups excluding carboxylic acids is 1. The standard InChI is InChI=1S/C25H41NO3/c1-24-12-6-7-21(24)20-9-8-18-17-19(10-14-25(18,2)22(20)11-13-24)29-23(28)26-15-4-3-5-16-27/h8,19-22,27H,3-7,9-17H2,1-2H3,(H,26,28)/t19-,20?,21?,22?,24-,25-/m1/s1. The first-order valence-electron chi connectivity index (χ1n) is 12.2. The summed E-state index contributed by atoms with van der Waals surface area (Å²) in [5.74, 6) is 2.64.